The van der Waals surface area contributed by atoms with Crippen LogP contribution in [0.1, 0.15) is 0 Å². The average Bonchev–Trinajstić information content (AvgIpc) is 2.78. The molecule has 0 atom stereocenters. The summed E-state index contributed by atoms with van der Waals surface area (Å²) in [5, 5.41) is 1.57. The van der Waals surface area contributed by atoms with E-state index in [2.05, 4.69) is 0 Å². The molecule has 0 fully saturated rings. The zero-order chi connectivity index (χ0) is 19.0. The van der Waals surface area contributed by atoms with E-state index in [-0.39, 0.29) is 0 Å². The van der Waals surface area contributed by atoms with Gasteiger partial charge in [-0.1, -0.05) is 60.7 Å². The number of hydrogen-bond donors (Lipinski definition) is 0. The van der Waals surface area contributed by atoms with Crippen molar-refractivity contribution in [1.82, 2.24) is 0 Å². The third kappa shape index (κ3) is 2.56. The number of benzene rings is 4. The van der Waals surface area contributed by atoms with Gasteiger partial charge >= 0.3 is 0 Å². The smallest absolute Gasteiger partial charge is 0.234 e. The average molecular weight is 383 g/mol. The summed E-state index contributed by atoms with van der Waals surface area (Å²) < 4.78 is 23.0. The highest BCUT2D eigenvalue weighted by Gasteiger charge is 2.40. The maximum absolute atomic E-state index is 15.0. The first-order chi connectivity index (χ1) is 13.8. The Morgan fingerprint density at radius 2 is 0.929 bits per heavy atom. The van der Waals surface area contributed by atoms with Gasteiger partial charge < -0.3 is 4.74 Å². The summed E-state index contributed by atoms with van der Waals surface area (Å²) in [6.45, 7) is 0. The van der Waals surface area contributed by atoms with Gasteiger partial charge in [-0.15, -0.1) is 0 Å². The monoisotopic (exact) mass is 383 g/mol. The highest BCUT2D eigenvalue weighted by molar-refractivity contribution is 7.80. The SMILES string of the molecule is O=P(c1ccccc1)(c1ccccc1)N1c2ccccc2Oc2ccccc21. The summed E-state index contributed by atoms with van der Waals surface area (Å²) in [6, 6.07) is 34.9. The fraction of sp³-hybridized carbons (Fsp3) is 0. The van der Waals surface area contributed by atoms with Crippen molar-refractivity contribution >= 4 is 29.3 Å². The Kier molecular flexibility index (Phi) is 4.03. The second-order valence-corrected chi connectivity index (χ2v) is 9.18. The first kappa shape index (κ1) is 16.9. The molecule has 4 heteroatoms. The quantitative estimate of drug-likeness (QED) is 0.415. The molecule has 28 heavy (non-hydrogen) atoms. The Hall–Kier alpha value is -3.29. The highest BCUT2D eigenvalue weighted by Crippen LogP contribution is 2.61. The van der Waals surface area contributed by atoms with Crippen LogP contribution in [0.4, 0.5) is 11.4 Å². The summed E-state index contributed by atoms with van der Waals surface area (Å²) in [5.74, 6) is 1.40. The molecule has 0 amide bonds. The molecule has 0 N–H and O–H groups in total. The third-order valence-corrected chi connectivity index (χ3v) is 7.89. The first-order valence-corrected chi connectivity index (χ1v) is 10.8. The van der Waals surface area contributed by atoms with E-state index in [1.54, 1.807) is 0 Å². The molecule has 0 spiro atoms. The number of anilines is 2. The summed E-state index contributed by atoms with van der Waals surface area (Å²) in [5.41, 5.74) is 1.61. The maximum atomic E-state index is 15.0. The van der Waals surface area contributed by atoms with E-state index in [4.69, 9.17) is 4.74 Å². The van der Waals surface area contributed by atoms with Crippen molar-refractivity contribution in [1.29, 1.82) is 0 Å². The zero-order valence-electron chi connectivity index (χ0n) is 15.1. The molecule has 0 unspecified atom stereocenters. The Labute approximate surface area is 164 Å². The van der Waals surface area contributed by atoms with Crippen molar-refractivity contribution in [3.63, 3.8) is 0 Å². The van der Waals surface area contributed by atoms with E-state index in [9.17, 15) is 4.57 Å². The van der Waals surface area contributed by atoms with Gasteiger partial charge in [0.1, 0.15) is 0 Å². The molecule has 0 saturated heterocycles. The van der Waals surface area contributed by atoms with Crippen LogP contribution in [0.25, 0.3) is 0 Å². The molecule has 1 aliphatic heterocycles. The van der Waals surface area contributed by atoms with Gasteiger partial charge in [-0.2, -0.15) is 0 Å². The highest BCUT2D eigenvalue weighted by atomic mass is 31.2. The summed E-state index contributed by atoms with van der Waals surface area (Å²) in [4.78, 5) is 0. The molecular formula is C24H18NO2P. The molecular weight excluding hydrogens is 365 g/mol. The summed E-state index contributed by atoms with van der Waals surface area (Å²) in [7, 11) is -3.21. The molecule has 4 aromatic carbocycles. The van der Waals surface area contributed by atoms with Crippen LogP contribution in [-0.2, 0) is 4.57 Å². The predicted octanol–water partition coefficient (Wildman–Crippen LogP) is 5.86. The van der Waals surface area contributed by atoms with E-state index in [1.165, 1.54) is 0 Å². The van der Waals surface area contributed by atoms with Gasteiger partial charge in [0, 0.05) is 10.6 Å². The van der Waals surface area contributed by atoms with Crippen LogP contribution in [0.2, 0.25) is 0 Å². The van der Waals surface area contributed by atoms with Crippen molar-refractivity contribution in [3.05, 3.63) is 109 Å². The molecule has 136 valence electrons. The van der Waals surface area contributed by atoms with Crippen LogP contribution in [-0.4, -0.2) is 0 Å². The van der Waals surface area contributed by atoms with Crippen molar-refractivity contribution < 1.29 is 9.30 Å². The second-order valence-electron chi connectivity index (χ2n) is 6.60. The molecule has 0 saturated carbocycles. The predicted molar refractivity (Wildman–Crippen MR) is 115 cm³/mol. The van der Waals surface area contributed by atoms with Gasteiger partial charge in [0.05, 0.1) is 11.4 Å². The van der Waals surface area contributed by atoms with E-state index in [1.807, 2.05) is 114 Å². The standard InChI is InChI=1S/C24H18NO2P/c26-28(19-11-3-1-4-12-19,20-13-5-2-6-14-20)25-21-15-7-9-17-23(21)27-24-18-10-8-16-22(24)25/h1-18H. The second kappa shape index (κ2) is 6.70. The minimum Gasteiger partial charge on any atom is -0.453 e. The largest absolute Gasteiger partial charge is 0.453 e. The lowest BCUT2D eigenvalue weighted by molar-refractivity contribution is 0.477. The zero-order valence-corrected chi connectivity index (χ0v) is 16.0. The van der Waals surface area contributed by atoms with Crippen molar-refractivity contribution in [2.24, 2.45) is 0 Å². The lowest BCUT2D eigenvalue weighted by Crippen LogP contribution is -2.30. The number of para-hydroxylation sites is 4. The van der Waals surface area contributed by atoms with Crippen LogP contribution in [0, 0.1) is 0 Å². The Morgan fingerprint density at radius 3 is 1.39 bits per heavy atom. The van der Waals surface area contributed by atoms with Gasteiger partial charge in [0.15, 0.2) is 11.5 Å². The van der Waals surface area contributed by atoms with Crippen LogP contribution in [0.15, 0.2) is 109 Å². The van der Waals surface area contributed by atoms with E-state index < -0.39 is 7.29 Å². The Morgan fingerprint density at radius 1 is 0.536 bits per heavy atom. The van der Waals surface area contributed by atoms with Crippen molar-refractivity contribution in [3.8, 4) is 11.5 Å². The van der Waals surface area contributed by atoms with Crippen LogP contribution >= 0.6 is 7.29 Å². The maximum Gasteiger partial charge on any atom is 0.234 e. The number of rotatable bonds is 3. The molecule has 0 aromatic heterocycles. The Bertz CT molecular complexity index is 1090. The molecule has 4 aromatic rings. The fourth-order valence-electron chi connectivity index (χ4n) is 3.63. The van der Waals surface area contributed by atoms with Gasteiger partial charge in [-0.25, -0.2) is 0 Å². The molecule has 0 aliphatic carbocycles. The first-order valence-electron chi connectivity index (χ1n) is 9.16. The van der Waals surface area contributed by atoms with Crippen molar-refractivity contribution in [2.45, 2.75) is 0 Å². The molecule has 1 aliphatic rings. The summed E-state index contributed by atoms with van der Waals surface area (Å²) >= 11 is 0. The van der Waals surface area contributed by atoms with Gasteiger partial charge in [0.25, 0.3) is 0 Å². The number of nitrogens with zero attached hydrogens (tertiary/aromatic N) is 1. The normalized spacial score (nSPS) is 12.6. The molecule has 0 bridgehead atoms. The molecule has 0 radical (unpaired) electrons. The minimum atomic E-state index is -3.21. The Balaban J connectivity index is 1.85. The lowest BCUT2D eigenvalue weighted by atomic mass is 10.2. The van der Waals surface area contributed by atoms with Gasteiger partial charge in [-0.3, -0.25) is 9.24 Å². The molecule has 3 nitrogen and oxygen atoms in total. The van der Waals surface area contributed by atoms with Crippen LogP contribution in [0.3, 0.4) is 0 Å². The lowest BCUT2D eigenvalue weighted by Gasteiger charge is -2.38. The number of fused-ring (bicyclic) bond motifs is 2. The van der Waals surface area contributed by atoms with E-state index >= 15 is 0 Å². The van der Waals surface area contributed by atoms with Gasteiger partial charge in [-0.05, 0) is 48.5 Å². The molecule has 1 heterocycles. The molecule has 5 rings (SSSR count). The fourth-order valence-corrected chi connectivity index (χ4v) is 6.48. The van der Waals surface area contributed by atoms with Gasteiger partial charge in [0.2, 0.25) is 7.29 Å². The minimum absolute atomic E-state index is 0.702. The topological polar surface area (TPSA) is 29.5 Å². The van der Waals surface area contributed by atoms with E-state index in [0.29, 0.717) is 11.5 Å². The number of ether oxygens (including phenoxy) is 1. The van der Waals surface area contributed by atoms with Crippen LogP contribution < -0.4 is 20.0 Å². The third-order valence-electron chi connectivity index (χ3n) is 4.90. The van der Waals surface area contributed by atoms with Crippen molar-refractivity contribution in [2.75, 3.05) is 4.67 Å². The van der Waals surface area contributed by atoms with Crippen LogP contribution in [0.5, 0.6) is 11.5 Å². The summed E-state index contributed by atoms with van der Waals surface area (Å²) in [6.07, 6.45) is 0. The van der Waals surface area contributed by atoms with E-state index in [0.717, 1.165) is 22.0 Å². The number of hydrogen-bond acceptors (Lipinski definition) is 2.